The van der Waals surface area contributed by atoms with Gasteiger partial charge in [-0.05, 0) is 38.5 Å². The molecule has 0 aliphatic heterocycles. The number of unbranched alkanes of at least 4 members (excludes halogenated alkanes) is 18. The first-order valence-electron chi connectivity index (χ1n) is 19.2. The molecular formula is C39H74NO7+. The molecule has 1 N–H and O–H groups in total. The monoisotopic (exact) mass is 669 g/mol. The van der Waals surface area contributed by atoms with Crippen molar-refractivity contribution in [3.05, 3.63) is 12.2 Å². The Bertz CT molecular complexity index is 793. The smallest absolute Gasteiger partial charge is 0.362 e. The number of hydrogen-bond donors (Lipinski definition) is 1. The number of ether oxygens (including phenoxy) is 3. The molecule has 8 heteroatoms. The SMILES string of the molecule is CCCCC/C=C/CCCCCCCC(=O)OC(COCCC(C(=O)O)[N+](C)(C)C)COC(=O)CCCCCCCCCCCCC. The van der Waals surface area contributed by atoms with E-state index in [-0.39, 0.29) is 36.2 Å². The zero-order valence-electron chi connectivity index (χ0n) is 31.2. The highest BCUT2D eigenvalue weighted by Gasteiger charge is 2.31. The van der Waals surface area contributed by atoms with Crippen molar-refractivity contribution < 1.29 is 38.2 Å². The molecule has 0 fully saturated rings. The average molecular weight is 669 g/mol. The summed E-state index contributed by atoms with van der Waals surface area (Å²) in [5.74, 6) is -1.47. The highest BCUT2D eigenvalue weighted by molar-refractivity contribution is 5.72. The first-order valence-corrected chi connectivity index (χ1v) is 19.2. The summed E-state index contributed by atoms with van der Waals surface area (Å²) in [5.41, 5.74) is 0. The van der Waals surface area contributed by atoms with Crippen LogP contribution in [0.1, 0.15) is 168 Å². The topological polar surface area (TPSA) is 99.1 Å². The first-order chi connectivity index (χ1) is 22.6. The number of carboxylic acid groups (broad SMARTS) is 1. The number of aliphatic carboxylic acids is 1. The molecule has 2 atom stereocenters. The van der Waals surface area contributed by atoms with Gasteiger partial charge in [0, 0.05) is 19.3 Å². The maximum atomic E-state index is 12.6. The van der Waals surface area contributed by atoms with E-state index in [1.165, 1.54) is 83.5 Å². The number of esters is 2. The molecule has 0 saturated carbocycles. The molecule has 0 amide bonds. The lowest BCUT2D eigenvalue weighted by Gasteiger charge is -2.31. The molecule has 0 rings (SSSR count). The summed E-state index contributed by atoms with van der Waals surface area (Å²) >= 11 is 0. The predicted molar refractivity (Wildman–Crippen MR) is 192 cm³/mol. The first kappa shape index (κ1) is 45.1. The Hall–Kier alpha value is -1.93. The summed E-state index contributed by atoms with van der Waals surface area (Å²) in [6, 6.07) is -0.610. The van der Waals surface area contributed by atoms with Gasteiger partial charge in [0.05, 0.1) is 34.4 Å². The molecule has 0 spiro atoms. The molecule has 2 unspecified atom stereocenters. The Morgan fingerprint density at radius 1 is 0.617 bits per heavy atom. The molecule has 276 valence electrons. The number of carboxylic acids is 1. The van der Waals surface area contributed by atoms with Crippen LogP contribution in [0.25, 0.3) is 0 Å². The third-order valence-corrected chi connectivity index (χ3v) is 8.66. The molecule has 0 saturated heterocycles. The Balaban J connectivity index is 4.43. The number of likely N-dealkylation sites (N-methyl/N-ethyl adjacent to an activating group) is 1. The fourth-order valence-corrected chi connectivity index (χ4v) is 5.61. The molecule has 0 aliphatic carbocycles. The van der Waals surface area contributed by atoms with Gasteiger partial charge in [0.1, 0.15) is 6.61 Å². The minimum atomic E-state index is -0.876. The van der Waals surface area contributed by atoms with Crippen molar-refractivity contribution in [2.75, 3.05) is 41.0 Å². The quantitative estimate of drug-likeness (QED) is 0.0315. The zero-order chi connectivity index (χ0) is 35.0. The standard InChI is InChI=1S/C39H73NO7/c1-6-8-10-12-14-16-18-20-22-24-26-28-30-38(42)47-35(33-45-32-31-36(39(43)44)40(3,4)5)34-46-37(41)29-27-25-23-21-19-17-15-13-11-9-7-2/h14,16,35-36H,6-13,15,17-34H2,1-5H3/p+1/b16-14+. The van der Waals surface area contributed by atoms with Crippen LogP contribution in [-0.2, 0) is 28.6 Å². The molecule has 47 heavy (non-hydrogen) atoms. The third kappa shape index (κ3) is 29.9. The van der Waals surface area contributed by atoms with Crippen LogP contribution in [0.4, 0.5) is 0 Å². The van der Waals surface area contributed by atoms with Gasteiger partial charge < -0.3 is 23.8 Å². The van der Waals surface area contributed by atoms with E-state index in [4.69, 9.17) is 14.2 Å². The Morgan fingerprint density at radius 2 is 1.06 bits per heavy atom. The lowest BCUT2D eigenvalue weighted by molar-refractivity contribution is -0.887. The van der Waals surface area contributed by atoms with E-state index in [1.54, 1.807) is 0 Å². The fourth-order valence-electron chi connectivity index (χ4n) is 5.61. The van der Waals surface area contributed by atoms with Crippen LogP contribution in [0.2, 0.25) is 0 Å². The summed E-state index contributed by atoms with van der Waals surface area (Å²) in [7, 11) is 5.52. The molecule has 0 aromatic rings. The van der Waals surface area contributed by atoms with E-state index in [1.807, 2.05) is 21.1 Å². The highest BCUT2D eigenvalue weighted by atomic mass is 16.6. The third-order valence-electron chi connectivity index (χ3n) is 8.66. The second-order valence-electron chi connectivity index (χ2n) is 14.2. The van der Waals surface area contributed by atoms with E-state index in [0.29, 0.717) is 19.3 Å². The predicted octanol–water partition coefficient (Wildman–Crippen LogP) is 9.58. The number of allylic oxidation sites excluding steroid dienone is 2. The minimum absolute atomic E-state index is 0.0493. The lowest BCUT2D eigenvalue weighted by atomic mass is 10.1. The fraction of sp³-hybridized carbons (Fsp3) is 0.872. The van der Waals surface area contributed by atoms with Crippen molar-refractivity contribution in [1.82, 2.24) is 0 Å². The van der Waals surface area contributed by atoms with E-state index in [2.05, 4.69) is 26.0 Å². The number of quaternary nitrogens is 1. The molecule has 8 nitrogen and oxygen atoms in total. The van der Waals surface area contributed by atoms with Crippen LogP contribution in [0.15, 0.2) is 12.2 Å². The van der Waals surface area contributed by atoms with Crippen molar-refractivity contribution in [2.45, 2.75) is 180 Å². The van der Waals surface area contributed by atoms with Crippen molar-refractivity contribution in [3.63, 3.8) is 0 Å². The van der Waals surface area contributed by atoms with Gasteiger partial charge in [-0.2, -0.15) is 0 Å². The van der Waals surface area contributed by atoms with Crippen molar-refractivity contribution >= 4 is 17.9 Å². The summed E-state index contributed by atoms with van der Waals surface area (Å²) in [5, 5.41) is 9.57. The van der Waals surface area contributed by atoms with Gasteiger partial charge in [-0.25, -0.2) is 4.79 Å². The average Bonchev–Trinajstić information content (AvgIpc) is 3.01. The summed E-state index contributed by atoms with van der Waals surface area (Å²) in [4.78, 5) is 36.7. The maximum absolute atomic E-state index is 12.6. The van der Waals surface area contributed by atoms with Gasteiger partial charge in [0.25, 0.3) is 0 Å². The van der Waals surface area contributed by atoms with Crippen LogP contribution in [0.3, 0.4) is 0 Å². The van der Waals surface area contributed by atoms with Crippen LogP contribution < -0.4 is 0 Å². The second-order valence-corrected chi connectivity index (χ2v) is 14.2. The van der Waals surface area contributed by atoms with Crippen LogP contribution in [0, 0.1) is 0 Å². The van der Waals surface area contributed by atoms with Crippen molar-refractivity contribution in [1.29, 1.82) is 0 Å². The molecule has 0 heterocycles. The Labute approximate surface area is 289 Å². The van der Waals surface area contributed by atoms with Gasteiger partial charge in [0.2, 0.25) is 0 Å². The number of hydrogen-bond acceptors (Lipinski definition) is 6. The summed E-state index contributed by atoms with van der Waals surface area (Å²) < 4.78 is 17.2. The van der Waals surface area contributed by atoms with Gasteiger partial charge >= 0.3 is 17.9 Å². The van der Waals surface area contributed by atoms with Crippen LogP contribution >= 0.6 is 0 Å². The number of carbonyl (C=O) groups excluding carboxylic acids is 2. The van der Waals surface area contributed by atoms with Crippen LogP contribution in [-0.4, -0.2) is 80.6 Å². The number of carbonyl (C=O) groups is 3. The van der Waals surface area contributed by atoms with Gasteiger partial charge in [0.15, 0.2) is 12.1 Å². The molecule has 0 radical (unpaired) electrons. The maximum Gasteiger partial charge on any atom is 0.362 e. The largest absolute Gasteiger partial charge is 0.477 e. The molecular weight excluding hydrogens is 594 g/mol. The normalized spacial score (nSPS) is 13.1. The summed E-state index contributed by atoms with van der Waals surface area (Å²) in [6.45, 7) is 4.69. The minimum Gasteiger partial charge on any atom is -0.477 e. The Kier molecular flexibility index (Phi) is 30.1. The van der Waals surface area contributed by atoms with E-state index in [9.17, 15) is 19.5 Å². The molecule has 0 aliphatic rings. The van der Waals surface area contributed by atoms with E-state index < -0.39 is 18.1 Å². The van der Waals surface area contributed by atoms with Crippen molar-refractivity contribution in [3.8, 4) is 0 Å². The molecule has 0 aromatic carbocycles. The Morgan fingerprint density at radius 3 is 1.57 bits per heavy atom. The van der Waals surface area contributed by atoms with Gasteiger partial charge in [-0.3, -0.25) is 9.59 Å². The van der Waals surface area contributed by atoms with Gasteiger partial charge in [-0.1, -0.05) is 122 Å². The highest BCUT2D eigenvalue weighted by Crippen LogP contribution is 2.14. The van der Waals surface area contributed by atoms with E-state index >= 15 is 0 Å². The second kappa shape index (κ2) is 31.3. The number of nitrogens with zero attached hydrogens (tertiary/aromatic N) is 1. The summed E-state index contributed by atoms with van der Waals surface area (Å²) in [6.07, 6.45) is 29.6. The van der Waals surface area contributed by atoms with Gasteiger partial charge in [-0.15, -0.1) is 0 Å². The number of rotatable bonds is 34. The lowest BCUT2D eigenvalue weighted by Crippen LogP contribution is -2.50. The van der Waals surface area contributed by atoms with Crippen LogP contribution in [0.5, 0.6) is 0 Å². The molecule has 0 aromatic heterocycles. The van der Waals surface area contributed by atoms with E-state index in [0.717, 1.165) is 51.4 Å². The van der Waals surface area contributed by atoms with Crippen molar-refractivity contribution in [2.24, 2.45) is 0 Å². The zero-order valence-corrected chi connectivity index (χ0v) is 31.2. The molecule has 0 bridgehead atoms.